The molecule has 0 radical (unpaired) electrons. The molecule has 39 heavy (non-hydrogen) atoms. The number of nitrogens with zero attached hydrogens (tertiary/aromatic N) is 3. The van der Waals surface area contributed by atoms with Gasteiger partial charge in [0.15, 0.2) is 17.4 Å². The normalized spacial score (nSPS) is 14.6. The number of halogens is 2. The molecule has 0 aliphatic carbocycles. The number of rotatable bonds is 8. The average Bonchev–Trinajstić information content (AvgIpc) is 3.60. The molecule has 2 heterocycles. The van der Waals surface area contributed by atoms with Gasteiger partial charge in [-0.05, 0) is 64.9 Å². The molecule has 5 nitrogen and oxygen atoms in total. The van der Waals surface area contributed by atoms with Gasteiger partial charge in [-0.15, -0.1) is 0 Å². The summed E-state index contributed by atoms with van der Waals surface area (Å²) in [5.74, 6) is -0.397. The van der Waals surface area contributed by atoms with Crippen molar-refractivity contribution in [3.8, 4) is 16.9 Å². The van der Waals surface area contributed by atoms with Gasteiger partial charge in [0.25, 0.3) is 0 Å². The van der Waals surface area contributed by atoms with Crippen molar-refractivity contribution in [1.82, 2.24) is 10.2 Å². The molecule has 5 aromatic rings. The summed E-state index contributed by atoms with van der Waals surface area (Å²) in [7, 11) is 0. The molecule has 1 N–H and O–H groups in total. The Morgan fingerprint density at radius 1 is 0.872 bits per heavy atom. The van der Waals surface area contributed by atoms with E-state index in [0.29, 0.717) is 46.4 Å². The molecule has 1 aromatic heterocycles. The molecule has 6 rings (SSSR count). The fraction of sp³-hybridized carbons (Fsp3) is 0.156. The Bertz CT molecular complexity index is 1690. The van der Waals surface area contributed by atoms with Crippen LogP contribution in [0.4, 0.5) is 8.78 Å². The molecule has 0 amide bonds. The number of benzene rings is 4. The monoisotopic (exact) mass is 520 g/mol. The zero-order valence-corrected chi connectivity index (χ0v) is 21.4. The first kappa shape index (κ1) is 24.7. The second-order valence-corrected chi connectivity index (χ2v) is 9.51. The van der Waals surface area contributed by atoms with Gasteiger partial charge in [-0.25, -0.2) is 13.8 Å². The summed E-state index contributed by atoms with van der Waals surface area (Å²) in [6.45, 7) is 2.24. The number of aliphatic imine (C=N–C) groups is 2. The largest absolute Gasteiger partial charge is 0.486 e. The fourth-order valence-corrected chi connectivity index (χ4v) is 4.88. The number of fused-ring (bicyclic) bond motifs is 1. The van der Waals surface area contributed by atoms with Gasteiger partial charge in [-0.1, -0.05) is 67.6 Å². The topological polar surface area (TPSA) is 62.6 Å². The Morgan fingerprint density at radius 3 is 2.36 bits per heavy atom. The molecule has 4 aromatic carbocycles. The molecular formula is C32H26F2N4O. The molecule has 1 aliphatic heterocycles. The maximum atomic E-state index is 15.6. The Kier molecular flexibility index (Phi) is 6.71. The highest BCUT2D eigenvalue weighted by atomic mass is 19.1. The zero-order valence-electron chi connectivity index (χ0n) is 21.4. The highest BCUT2D eigenvalue weighted by Gasteiger charge is 2.22. The maximum absolute atomic E-state index is 15.6. The number of hydrogen-bond acceptors (Lipinski definition) is 4. The van der Waals surface area contributed by atoms with Crippen molar-refractivity contribution in [2.24, 2.45) is 9.98 Å². The third-order valence-corrected chi connectivity index (χ3v) is 6.86. The highest BCUT2D eigenvalue weighted by Crippen LogP contribution is 2.34. The summed E-state index contributed by atoms with van der Waals surface area (Å²) in [6.07, 6.45) is 3.10. The third kappa shape index (κ3) is 5.08. The molecule has 0 bridgehead atoms. The minimum absolute atomic E-state index is 0.130. The van der Waals surface area contributed by atoms with Crippen molar-refractivity contribution < 1.29 is 13.5 Å². The third-order valence-electron chi connectivity index (χ3n) is 6.86. The van der Waals surface area contributed by atoms with Gasteiger partial charge < -0.3 is 4.74 Å². The predicted molar refractivity (Wildman–Crippen MR) is 151 cm³/mol. The second-order valence-electron chi connectivity index (χ2n) is 9.51. The summed E-state index contributed by atoms with van der Waals surface area (Å²) in [5, 5.41) is 7.57. The van der Waals surface area contributed by atoms with Gasteiger partial charge in [0.2, 0.25) is 0 Å². The summed E-state index contributed by atoms with van der Waals surface area (Å²) in [5.41, 5.74) is 4.98. The molecule has 0 saturated carbocycles. The van der Waals surface area contributed by atoms with Crippen LogP contribution >= 0.6 is 0 Å². The van der Waals surface area contributed by atoms with Crippen LogP contribution in [-0.2, 0) is 19.4 Å². The lowest BCUT2D eigenvalue weighted by Crippen LogP contribution is -2.07. The van der Waals surface area contributed by atoms with Crippen LogP contribution in [0.15, 0.2) is 94.9 Å². The average molecular weight is 521 g/mol. The van der Waals surface area contributed by atoms with Gasteiger partial charge in [0, 0.05) is 6.21 Å². The van der Waals surface area contributed by atoms with Crippen LogP contribution in [0.3, 0.4) is 0 Å². The van der Waals surface area contributed by atoms with Crippen LogP contribution < -0.4 is 4.74 Å². The maximum Gasteiger partial charge on any atom is 0.176 e. The number of H-pyrrole nitrogens is 1. The smallest absolute Gasteiger partial charge is 0.176 e. The second kappa shape index (κ2) is 10.6. The van der Waals surface area contributed by atoms with E-state index in [1.165, 1.54) is 12.1 Å². The van der Waals surface area contributed by atoms with Crippen molar-refractivity contribution in [2.75, 3.05) is 0 Å². The van der Waals surface area contributed by atoms with E-state index in [-0.39, 0.29) is 18.4 Å². The molecular weight excluding hydrogens is 494 g/mol. The standard InChI is InChI=1S/C32H26F2N4O/c1-2-22-16-29(39-19-21-11-7-4-8-12-21)26(33)17-25(22)23-14-27(34)30-28(15-23)37-38-31(30)32-35-18-24(36-32)13-20-9-5-3-6-10-20/h3-12,14-18,24H,2,13,19H2,1H3,(H,37,38). The minimum atomic E-state index is -0.497. The van der Waals surface area contributed by atoms with Crippen molar-refractivity contribution in [3.05, 3.63) is 119 Å². The van der Waals surface area contributed by atoms with E-state index in [1.54, 1.807) is 18.3 Å². The van der Waals surface area contributed by atoms with Crippen LogP contribution in [0.25, 0.3) is 22.0 Å². The van der Waals surface area contributed by atoms with E-state index in [9.17, 15) is 0 Å². The van der Waals surface area contributed by atoms with Gasteiger partial charge >= 0.3 is 0 Å². The Morgan fingerprint density at radius 2 is 1.62 bits per heavy atom. The minimum Gasteiger partial charge on any atom is -0.486 e. The Hall–Kier alpha value is -4.65. The van der Waals surface area contributed by atoms with Gasteiger partial charge in [0.1, 0.15) is 18.1 Å². The molecule has 0 saturated heterocycles. The van der Waals surface area contributed by atoms with Crippen molar-refractivity contribution in [2.45, 2.75) is 32.4 Å². The van der Waals surface area contributed by atoms with Crippen molar-refractivity contribution in [3.63, 3.8) is 0 Å². The quantitative estimate of drug-likeness (QED) is 0.237. The van der Waals surface area contributed by atoms with Crippen LogP contribution in [0.5, 0.6) is 5.75 Å². The summed E-state index contributed by atoms with van der Waals surface area (Å²) in [4.78, 5) is 9.10. The number of nitrogens with one attached hydrogen (secondary N) is 1. The SMILES string of the molecule is CCc1cc(OCc2ccccc2)c(F)cc1-c1cc(F)c2c(C3=NC(Cc4ccccc4)C=N3)n[nH]c2c1. The lowest BCUT2D eigenvalue weighted by Gasteiger charge is -2.14. The zero-order chi connectivity index (χ0) is 26.8. The van der Waals surface area contributed by atoms with Crippen LogP contribution in [0.2, 0.25) is 0 Å². The van der Waals surface area contributed by atoms with E-state index >= 15 is 8.78 Å². The highest BCUT2D eigenvalue weighted by molar-refractivity contribution is 6.13. The first-order valence-corrected chi connectivity index (χ1v) is 12.9. The lowest BCUT2D eigenvalue weighted by atomic mass is 9.96. The number of aromatic nitrogens is 2. The number of amidine groups is 1. The summed E-state index contributed by atoms with van der Waals surface area (Å²) >= 11 is 0. The van der Waals surface area contributed by atoms with E-state index in [0.717, 1.165) is 16.7 Å². The lowest BCUT2D eigenvalue weighted by molar-refractivity contribution is 0.290. The van der Waals surface area contributed by atoms with Crippen LogP contribution in [0, 0.1) is 11.6 Å². The Labute approximate surface area is 224 Å². The van der Waals surface area contributed by atoms with Gasteiger partial charge in [0.05, 0.1) is 16.9 Å². The molecule has 1 atom stereocenters. The van der Waals surface area contributed by atoms with E-state index in [1.807, 2.05) is 67.6 Å². The number of hydrogen-bond donors (Lipinski definition) is 1. The molecule has 0 spiro atoms. The molecule has 7 heteroatoms. The predicted octanol–water partition coefficient (Wildman–Crippen LogP) is 7.09. The van der Waals surface area contributed by atoms with Crippen molar-refractivity contribution in [1.29, 1.82) is 0 Å². The van der Waals surface area contributed by atoms with E-state index in [2.05, 4.69) is 20.2 Å². The fourth-order valence-electron chi connectivity index (χ4n) is 4.88. The van der Waals surface area contributed by atoms with Crippen molar-refractivity contribution >= 4 is 23.0 Å². The Balaban J connectivity index is 1.28. The molecule has 194 valence electrons. The summed E-state index contributed by atoms with van der Waals surface area (Å²) in [6, 6.07) is 25.8. The van der Waals surface area contributed by atoms with E-state index in [4.69, 9.17) is 4.74 Å². The molecule has 0 fully saturated rings. The first-order chi connectivity index (χ1) is 19.1. The number of aromatic amines is 1. The van der Waals surface area contributed by atoms with Gasteiger partial charge in [-0.3, -0.25) is 10.1 Å². The van der Waals surface area contributed by atoms with Crippen LogP contribution in [-0.4, -0.2) is 28.3 Å². The van der Waals surface area contributed by atoms with Crippen LogP contribution in [0.1, 0.15) is 29.3 Å². The number of ether oxygens (including phenoxy) is 1. The first-order valence-electron chi connectivity index (χ1n) is 12.9. The van der Waals surface area contributed by atoms with E-state index < -0.39 is 11.6 Å². The molecule has 1 aliphatic rings. The molecule has 1 unspecified atom stereocenters. The number of aryl methyl sites for hydroxylation is 1. The summed E-state index contributed by atoms with van der Waals surface area (Å²) < 4.78 is 36.4. The van der Waals surface area contributed by atoms with Gasteiger partial charge in [-0.2, -0.15) is 5.10 Å².